The molecule has 6 heteroatoms. The van der Waals surface area contributed by atoms with Crippen molar-refractivity contribution in [3.63, 3.8) is 0 Å². The van der Waals surface area contributed by atoms with Gasteiger partial charge in [-0.05, 0) is 46.2 Å². The molecule has 0 saturated carbocycles. The molecular formula is C11H25N3O2S. The molecule has 1 saturated heterocycles. The molecule has 0 spiro atoms. The molecule has 1 heterocycles. The Morgan fingerprint density at radius 1 is 1.35 bits per heavy atom. The lowest BCUT2D eigenvalue weighted by atomic mass is 9.98. The van der Waals surface area contributed by atoms with Crippen LogP contribution in [-0.2, 0) is 10.2 Å². The Hall–Kier alpha value is -0.170. The van der Waals surface area contributed by atoms with Gasteiger partial charge in [-0.25, -0.2) is 0 Å². The minimum atomic E-state index is -3.25. The molecule has 0 unspecified atom stereocenters. The summed E-state index contributed by atoms with van der Waals surface area (Å²) < 4.78 is 27.5. The molecule has 1 fully saturated rings. The van der Waals surface area contributed by atoms with Crippen LogP contribution in [0.1, 0.15) is 26.7 Å². The highest BCUT2D eigenvalue weighted by Crippen LogP contribution is 2.21. The fourth-order valence-corrected chi connectivity index (χ4v) is 3.65. The fraction of sp³-hybridized carbons (Fsp3) is 1.00. The third-order valence-electron chi connectivity index (χ3n) is 3.48. The molecule has 0 atom stereocenters. The number of nitrogens with one attached hydrogen (secondary N) is 1. The van der Waals surface area contributed by atoms with Gasteiger partial charge >= 0.3 is 0 Å². The molecule has 0 amide bonds. The van der Waals surface area contributed by atoms with Crippen molar-refractivity contribution in [2.45, 2.75) is 32.7 Å². The van der Waals surface area contributed by atoms with Crippen molar-refractivity contribution in [3.05, 3.63) is 0 Å². The summed E-state index contributed by atoms with van der Waals surface area (Å²) in [5.41, 5.74) is 0. The highest BCUT2D eigenvalue weighted by Gasteiger charge is 2.31. The van der Waals surface area contributed by atoms with Crippen LogP contribution in [0.25, 0.3) is 0 Å². The highest BCUT2D eigenvalue weighted by atomic mass is 32.2. The number of nitrogens with zero attached hydrogens (tertiary/aromatic N) is 2. The van der Waals surface area contributed by atoms with Gasteiger partial charge in [0.15, 0.2) is 0 Å². The summed E-state index contributed by atoms with van der Waals surface area (Å²) in [7, 11) is 0.339. The van der Waals surface area contributed by atoms with E-state index in [4.69, 9.17) is 0 Å². The summed E-state index contributed by atoms with van der Waals surface area (Å²) >= 11 is 0. The normalized spacial score (nSPS) is 20.4. The van der Waals surface area contributed by atoms with Gasteiger partial charge in [0, 0.05) is 26.2 Å². The van der Waals surface area contributed by atoms with E-state index in [2.05, 4.69) is 5.32 Å². The van der Waals surface area contributed by atoms with Crippen LogP contribution in [0.15, 0.2) is 0 Å². The Kier molecular flexibility index (Phi) is 5.37. The molecule has 1 rings (SSSR count). The third-order valence-corrected chi connectivity index (χ3v) is 5.65. The van der Waals surface area contributed by atoms with Crippen molar-refractivity contribution < 1.29 is 8.42 Å². The molecule has 1 aliphatic rings. The molecule has 0 bridgehead atoms. The predicted octanol–water partition coefficient (Wildman–Crippen LogP) is 0.503. The molecule has 0 radical (unpaired) electrons. The second-order valence-corrected chi connectivity index (χ2v) is 7.01. The lowest BCUT2D eigenvalue weighted by molar-refractivity contribution is 0.251. The minimum absolute atomic E-state index is 0.00929. The predicted molar refractivity (Wildman–Crippen MR) is 70.0 cm³/mol. The second-order valence-electron chi connectivity index (χ2n) is 5.02. The van der Waals surface area contributed by atoms with E-state index in [0.717, 1.165) is 19.4 Å². The van der Waals surface area contributed by atoms with Crippen LogP contribution in [0.2, 0.25) is 0 Å². The van der Waals surface area contributed by atoms with Crippen LogP contribution in [-0.4, -0.2) is 56.8 Å². The van der Waals surface area contributed by atoms with E-state index in [1.165, 1.54) is 4.31 Å². The first kappa shape index (κ1) is 14.9. The van der Waals surface area contributed by atoms with Gasteiger partial charge < -0.3 is 5.32 Å². The second kappa shape index (κ2) is 6.13. The summed E-state index contributed by atoms with van der Waals surface area (Å²) in [6.07, 6.45) is 1.90. The smallest absolute Gasteiger partial charge is 0.281 e. The highest BCUT2D eigenvalue weighted by molar-refractivity contribution is 7.86. The van der Waals surface area contributed by atoms with E-state index in [9.17, 15) is 8.42 Å². The SMILES string of the molecule is CNCC1CCN(S(=O)(=O)N(C)C(C)C)CC1. The van der Waals surface area contributed by atoms with E-state index < -0.39 is 10.2 Å². The molecule has 1 aliphatic heterocycles. The topological polar surface area (TPSA) is 52.7 Å². The maximum absolute atomic E-state index is 12.2. The van der Waals surface area contributed by atoms with Gasteiger partial charge in [0.1, 0.15) is 0 Å². The molecule has 0 aromatic carbocycles. The van der Waals surface area contributed by atoms with Crippen molar-refractivity contribution in [1.82, 2.24) is 13.9 Å². The zero-order valence-electron chi connectivity index (χ0n) is 11.3. The van der Waals surface area contributed by atoms with Crippen molar-refractivity contribution in [2.75, 3.05) is 33.7 Å². The summed E-state index contributed by atoms with van der Waals surface area (Å²) in [4.78, 5) is 0. The van der Waals surface area contributed by atoms with E-state index in [-0.39, 0.29) is 6.04 Å². The van der Waals surface area contributed by atoms with Crippen LogP contribution < -0.4 is 5.32 Å². The maximum Gasteiger partial charge on any atom is 0.281 e. The molecule has 1 N–H and O–H groups in total. The lowest BCUT2D eigenvalue weighted by Crippen LogP contribution is -2.48. The zero-order valence-corrected chi connectivity index (χ0v) is 12.1. The largest absolute Gasteiger partial charge is 0.319 e. The summed E-state index contributed by atoms with van der Waals surface area (Å²) in [5.74, 6) is 0.607. The Balaban J connectivity index is 2.59. The molecule has 5 nitrogen and oxygen atoms in total. The number of piperidine rings is 1. The lowest BCUT2D eigenvalue weighted by Gasteiger charge is -2.34. The van der Waals surface area contributed by atoms with Crippen LogP contribution in [0.3, 0.4) is 0 Å². The molecule has 0 aromatic heterocycles. The summed E-state index contributed by atoms with van der Waals surface area (Å²) in [5, 5.41) is 3.15. The summed E-state index contributed by atoms with van der Waals surface area (Å²) in [6.45, 7) is 6.06. The average molecular weight is 263 g/mol. The van der Waals surface area contributed by atoms with Gasteiger partial charge in [0.25, 0.3) is 10.2 Å². The van der Waals surface area contributed by atoms with Gasteiger partial charge in [-0.2, -0.15) is 17.0 Å². The van der Waals surface area contributed by atoms with Crippen LogP contribution in [0.4, 0.5) is 0 Å². The van der Waals surface area contributed by atoms with Crippen LogP contribution in [0, 0.1) is 5.92 Å². The first-order valence-corrected chi connectivity index (χ1v) is 7.67. The summed E-state index contributed by atoms with van der Waals surface area (Å²) in [6, 6.07) is 0.00929. The van der Waals surface area contributed by atoms with Crippen molar-refractivity contribution in [3.8, 4) is 0 Å². The van der Waals surface area contributed by atoms with Crippen molar-refractivity contribution in [1.29, 1.82) is 0 Å². The van der Waals surface area contributed by atoms with Gasteiger partial charge in [0.2, 0.25) is 0 Å². The molecule has 102 valence electrons. The van der Waals surface area contributed by atoms with Gasteiger partial charge in [0.05, 0.1) is 0 Å². The van der Waals surface area contributed by atoms with Crippen LogP contribution >= 0.6 is 0 Å². The van der Waals surface area contributed by atoms with E-state index in [0.29, 0.717) is 19.0 Å². The Labute approximate surface area is 105 Å². The van der Waals surface area contributed by atoms with Gasteiger partial charge in [-0.3, -0.25) is 0 Å². The third kappa shape index (κ3) is 3.64. The van der Waals surface area contributed by atoms with E-state index in [1.807, 2.05) is 20.9 Å². The van der Waals surface area contributed by atoms with Crippen molar-refractivity contribution in [2.24, 2.45) is 5.92 Å². The Morgan fingerprint density at radius 2 is 1.88 bits per heavy atom. The zero-order chi connectivity index (χ0) is 13.1. The van der Waals surface area contributed by atoms with Gasteiger partial charge in [-0.1, -0.05) is 0 Å². The van der Waals surface area contributed by atoms with Crippen molar-refractivity contribution >= 4 is 10.2 Å². The first-order valence-electron chi connectivity index (χ1n) is 6.27. The Morgan fingerprint density at radius 3 is 2.29 bits per heavy atom. The monoisotopic (exact) mass is 263 g/mol. The molecule has 17 heavy (non-hydrogen) atoms. The standard InChI is InChI=1S/C11H25N3O2S/c1-10(2)13(4)17(15,16)14-7-5-11(6-8-14)9-12-3/h10-12H,5-9H2,1-4H3. The average Bonchev–Trinajstić information content (AvgIpc) is 2.29. The Bertz CT molecular complexity index is 322. The first-order chi connectivity index (χ1) is 7.89. The quantitative estimate of drug-likeness (QED) is 0.786. The minimum Gasteiger partial charge on any atom is -0.319 e. The molecular weight excluding hydrogens is 238 g/mol. The number of hydrogen-bond donors (Lipinski definition) is 1. The van der Waals surface area contributed by atoms with E-state index in [1.54, 1.807) is 11.4 Å². The van der Waals surface area contributed by atoms with Gasteiger partial charge in [-0.15, -0.1) is 0 Å². The van der Waals surface area contributed by atoms with E-state index >= 15 is 0 Å². The fourth-order valence-electron chi connectivity index (χ4n) is 2.08. The van der Waals surface area contributed by atoms with Crippen LogP contribution in [0.5, 0.6) is 0 Å². The number of rotatable bonds is 5. The molecule has 0 aromatic rings. The maximum atomic E-state index is 12.2. The molecule has 0 aliphatic carbocycles. The number of hydrogen-bond acceptors (Lipinski definition) is 3.